The first-order chi connectivity index (χ1) is 7.58. The van der Waals surface area contributed by atoms with Crippen molar-refractivity contribution in [2.45, 2.75) is 26.9 Å². The lowest BCUT2D eigenvalue weighted by atomic mass is 10.1. The molecule has 4 heteroatoms. The minimum absolute atomic E-state index is 0.313. The summed E-state index contributed by atoms with van der Waals surface area (Å²) in [6.07, 6.45) is -0.705. The molecule has 1 aromatic heterocycles. The van der Waals surface area contributed by atoms with Gasteiger partial charge in [0, 0.05) is 5.56 Å². The van der Waals surface area contributed by atoms with Crippen LogP contribution in [-0.4, -0.2) is 15.2 Å². The third kappa shape index (κ3) is 1.97. The van der Waals surface area contributed by atoms with Gasteiger partial charge < -0.3 is 9.63 Å². The van der Waals surface area contributed by atoms with Crippen LogP contribution >= 0.6 is 0 Å². The highest BCUT2D eigenvalue weighted by molar-refractivity contribution is 5.55. The molecule has 1 aromatic carbocycles. The van der Waals surface area contributed by atoms with Crippen LogP contribution in [0.3, 0.4) is 0 Å². The van der Waals surface area contributed by atoms with Gasteiger partial charge in [0.05, 0.1) is 0 Å². The van der Waals surface area contributed by atoms with E-state index in [0.717, 1.165) is 5.56 Å². The monoisotopic (exact) mass is 218 g/mol. The van der Waals surface area contributed by atoms with Gasteiger partial charge in [-0.3, -0.25) is 0 Å². The molecule has 1 N–H and O–H groups in total. The topological polar surface area (TPSA) is 59.2 Å². The number of aliphatic hydroxyl groups is 1. The fourth-order valence-electron chi connectivity index (χ4n) is 1.40. The molecule has 0 bridgehead atoms. The Bertz CT molecular complexity index is 503. The molecule has 0 aliphatic carbocycles. The normalized spacial score (nSPS) is 12.8. The highest BCUT2D eigenvalue weighted by Gasteiger charge is 2.12. The maximum atomic E-state index is 9.30. The molecular weight excluding hydrogens is 204 g/mol. The number of aromatic nitrogens is 2. The third-order valence-corrected chi connectivity index (χ3v) is 2.57. The molecular formula is C12H14N2O2. The van der Waals surface area contributed by atoms with Crippen LogP contribution in [0, 0.1) is 13.8 Å². The van der Waals surface area contributed by atoms with E-state index < -0.39 is 6.10 Å². The summed E-state index contributed by atoms with van der Waals surface area (Å²) in [5.74, 6) is 0.757. The van der Waals surface area contributed by atoms with Crippen molar-refractivity contribution in [3.05, 3.63) is 35.2 Å². The number of rotatable bonds is 2. The first-order valence-electron chi connectivity index (χ1n) is 5.17. The predicted octanol–water partition coefficient (Wildman–Crippen LogP) is 2.41. The third-order valence-electron chi connectivity index (χ3n) is 2.57. The lowest BCUT2D eigenvalue weighted by Crippen LogP contribution is -1.93. The zero-order valence-electron chi connectivity index (χ0n) is 9.56. The van der Waals surface area contributed by atoms with E-state index in [-0.39, 0.29) is 0 Å². The van der Waals surface area contributed by atoms with Crippen LogP contribution in [0.5, 0.6) is 0 Å². The summed E-state index contributed by atoms with van der Waals surface area (Å²) in [7, 11) is 0. The van der Waals surface area contributed by atoms with Crippen molar-refractivity contribution in [1.82, 2.24) is 10.1 Å². The highest BCUT2D eigenvalue weighted by Crippen LogP contribution is 2.21. The van der Waals surface area contributed by atoms with Crippen LogP contribution in [0.4, 0.5) is 0 Å². The molecule has 0 aliphatic heterocycles. The maximum absolute atomic E-state index is 9.30. The lowest BCUT2D eigenvalue weighted by Gasteiger charge is -2.00. The lowest BCUT2D eigenvalue weighted by molar-refractivity contribution is 0.184. The molecule has 16 heavy (non-hydrogen) atoms. The Morgan fingerprint density at radius 2 is 2.00 bits per heavy atom. The molecule has 0 amide bonds. The first kappa shape index (κ1) is 10.8. The van der Waals surface area contributed by atoms with Crippen LogP contribution in [0.1, 0.15) is 30.0 Å². The second kappa shape index (κ2) is 4.06. The molecule has 0 radical (unpaired) electrons. The fraction of sp³-hybridized carbons (Fsp3) is 0.333. The van der Waals surface area contributed by atoms with Crippen LogP contribution in [-0.2, 0) is 0 Å². The molecule has 0 fully saturated rings. The van der Waals surface area contributed by atoms with Crippen molar-refractivity contribution < 1.29 is 9.63 Å². The van der Waals surface area contributed by atoms with Crippen molar-refractivity contribution in [2.75, 3.05) is 0 Å². The predicted molar refractivity (Wildman–Crippen MR) is 59.8 cm³/mol. The van der Waals surface area contributed by atoms with Gasteiger partial charge in [-0.25, -0.2) is 0 Å². The second-order valence-corrected chi connectivity index (χ2v) is 3.93. The summed E-state index contributed by atoms with van der Waals surface area (Å²) in [6.45, 7) is 5.69. The van der Waals surface area contributed by atoms with E-state index in [1.54, 1.807) is 6.92 Å². The number of hydrogen-bond acceptors (Lipinski definition) is 4. The Morgan fingerprint density at radius 1 is 1.25 bits per heavy atom. The van der Waals surface area contributed by atoms with E-state index in [1.165, 1.54) is 11.1 Å². The SMILES string of the molecule is Cc1ccc(-c2nc(C(C)O)no2)cc1C. The van der Waals surface area contributed by atoms with Crippen LogP contribution < -0.4 is 0 Å². The van der Waals surface area contributed by atoms with E-state index in [0.29, 0.717) is 11.7 Å². The summed E-state index contributed by atoms with van der Waals surface area (Å²) in [5.41, 5.74) is 3.27. The molecule has 4 nitrogen and oxygen atoms in total. The van der Waals surface area contributed by atoms with Gasteiger partial charge in [0.2, 0.25) is 0 Å². The Kier molecular flexibility index (Phi) is 2.75. The summed E-state index contributed by atoms with van der Waals surface area (Å²) in [6, 6.07) is 5.94. The Morgan fingerprint density at radius 3 is 2.56 bits per heavy atom. The largest absolute Gasteiger partial charge is 0.385 e. The van der Waals surface area contributed by atoms with Crippen LogP contribution in [0.2, 0.25) is 0 Å². The molecule has 1 atom stereocenters. The summed E-state index contributed by atoms with van der Waals surface area (Å²) in [5, 5.41) is 13.0. The molecule has 1 heterocycles. The molecule has 2 aromatic rings. The van der Waals surface area contributed by atoms with Crippen molar-refractivity contribution in [1.29, 1.82) is 0 Å². The highest BCUT2D eigenvalue weighted by atomic mass is 16.5. The van der Waals surface area contributed by atoms with Crippen LogP contribution in [0.15, 0.2) is 22.7 Å². The molecule has 84 valence electrons. The number of benzene rings is 1. The summed E-state index contributed by atoms with van der Waals surface area (Å²) >= 11 is 0. The minimum Gasteiger partial charge on any atom is -0.385 e. The fourth-order valence-corrected chi connectivity index (χ4v) is 1.40. The summed E-state index contributed by atoms with van der Waals surface area (Å²) in [4.78, 5) is 4.12. The van der Waals surface area contributed by atoms with Gasteiger partial charge in [0.25, 0.3) is 5.89 Å². The average molecular weight is 218 g/mol. The number of nitrogens with zero attached hydrogens (tertiary/aromatic N) is 2. The van der Waals surface area contributed by atoms with Gasteiger partial charge in [-0.1, -0.05) is 11.2 Å². The van der Waals surface area contributed by atoms with Gasteiger partial charge in [0.1, 0.15) is 6.10 Å². The Balaban J connectivity index is 2.39. The summed E-state index contributed by atoms with van der Waals surface area (Å²) < 4.78 is 5.09. The van der Waals surface area contributed by atoms with Gasteiger partial charge in [0.15, 0.2) is 5.82 Å². The molecule has 0 spiro atoms. The molecule has 1 unspecified atom stereocenters. The first-order valence-corrected chi connectivity index (χ1v) is 5.17. The molecule has 2 rings (SSSR count). The number of aryl methyl sites for hydroxylation is 2. The zero-order chi connectivity index (χ0) is 11.7. The smallest absolute Gasteiger partial charge is 0.258 e. The van der Waals surface area contributed by atoms with Gasteiger partial charge in [-0.05, 0) is 44.0 Å². The van der Waals surface area contributed by atoms with E-state index in [9.17, 15) is 5.11 Å². The quantitative estimate of drug-likeness (QED) is 0.840. The van der Waals surface area contributed by atoms with Crippen molar-refractivity contribution in [3.8, 4) is 11.5 Å². The van der Waals surface area contributed by atoms with E-state index >= 15 is 0 Å². The van der Waals surface area contributed by atoms with Gasteiger partial charge >= 0.3 is 0 Å². The Hall–Kier alpha value is -1.68. The van der Waals surface area contributed by atoms with E-state index in [2.05, 4.69) is 10.1 Å². The van der Waals surface area contributed by atoms with Crippen molar-refractivity contribution >= 4 is 0 Å². The maximum Gasteiger partial charge on any atom is 0.258 e. The van der Waals surface area contributed by atoms with Crippen molar-refractivity contribution in [2.24, 2.45) is 0 Å². The second-order valence-electron chi connectivity index (χ2n) is 3.93. The van der Waals surface area contributed by atoms with Crippen LogP contribution in [0.25, 0.3) is 11.5 Å². The van der Waals surface area contributed by atoms with Gasteiger partial charge in [-0.15, -0.1) is 0 Å². The van der Waals surface area contributed by atoms with E-state index in [4.69, 9.17) is 4.52 Å². The molecule has 0 aliphatic rings. The van der Waals surface area contributed by atoms with Crippen molar-refractivity contribution in [3.63, 3.8) is 0 Å². The molecule has 0 saturated carbocycles. The van der Waals surface area contributed by atoms with Gasteiger partial charge in [-0.2, -0.15) is 4.98 Å². The number of aliphatic hydroxyl groups excluding tert-OH is 1. The molecule has 0 saturated heterocycles. The number of hydrogen-bond donors (Lipinski definition) is 1. The van der Waals surface area contributed by atoms with E-state index in [1.807, 2.05) is 32.0 Å². The minimum atomic E-state index is -0.705. The standard InChI is InChI=1S/C12H14N2O2/c1-7-4-5-10(6-8(7)2)12-13-11(9(3)15)14-16-12/h4-6,9,15H,1-3H3. The average Bonchev–Trinajstić information content (AvgIpc) is 2.71. The Labute approximate surface area is 93.9 Å². The zero-order valence-corrected chi connectivity index (χ0v) is 9.56.